The largest absolute Gasteiger partial charge is 0.463 e. The van der Waals surface area contributed by atoms with Crippen LogP contribution in [0.4, 0.5) is 0 Å². The zero-order chi connectivity index (χ0) is 51.6. The van der Waals surface area contributed by atoms with E-state index in [0.29, 0.717) is 19.3 Å². The van der Waals surface area contributed by atoms with Crippen LogP contribution in [0, 0.1) is 50.2 Å². The van der Waals surface area contributed by atoms with Crippen molar-refractivity contribution in [2.45, 2.75) is 212 Å². The number of aliphatic hydroxyl groups excluding tert-OH is 9. The molecule has 20 nitrogen and oxygen atoms in total. The zero-order valence-corrected chi connectivity index (χ0v) is 41.6. The summed E-state index contributed by atoms with van der Waals surface area (Å²) < 4.78 is 40.0. The van der Waals surface area contributed by atoms with E-state index in [0.717, 1.165) is 25.3 Å². The first-order valence-corrected chi connectivity index (χ1v) is 25.0. The summed E-state index contributed by atoms with van der Waals surface area (Å²) in [5.74, 6) is -2.24. The Balaban J connectivity index is 1.01. The molecule has 9 N–H and O–H groups in total. The lowest BCUT2D eigenvalue weighted by atomic mass is 9.33. The Morgan fingerprint density at radius 2 is 1.33 bits per heavy atom. The number of allylic oxidation sites excluding steroid dienone is 1. The molecule has 0 aromatic heterocycles. The number of ketones is 2. The molecule has 0 radical (unpaired) electrons. The number of aliphatic hydroxyl groups is 9. The van der Waals surface area contributed by atoms with Crippen molar-refractivity contribution >= 4 is 23.5 Å². The van der Waals surface area contributed by atoms with Crippen molar-refractivity contribution in [3.05, 3.63) is 11.6 Å². The second-order valence-corrected chi connectivity index (χ2v) is 23.8. The molecule has 3 aliphatic heterocycles. The molecular formula is C50H76O20. The maximum absolute atomic E-state index is 15.0. The molecule has 0 aromatic carbocycles. The molecule has 7 fully saturated rings. The number of fused-ring (bicyclic) bond motifs is 7. The summed E-state index contributed by atoms with van der Waals surface area (Å²) in [5, 5.41) is 99.5. The second kappa shape index (κ2) is 18.7. The Morgan fingerprint density at radius 3 is 2.00 bits per heavy atom. The van der Waals surface area contributed by atoms with Crippen molar-refractivity contribution in [3.8, 4) is 0 Å². The number of rotatable bonds is 9. The average molecular weight is 997 g/mol. The summed E-state index contributed by atoms with van der Waals surface area (Å²) in [6, 6.07) is 0. The number of hydrogen-bond acceptors (Lipinski definition) is 20. The maximum Gasteiger partial charge on any atom is 0.315 e. The van der Waals surface area contributed by atoms with E-state index in [1.807, 2.05) is 33.8 Å². The van der Waals surface area contributed by atoms with Crippen molar-refractivity contribution in [1.82, 2.24) is 0 Å². The number of carbonyl (C=O) groups excluding carboxylic acids is 4. The van der Waals surface area contributed by atoms with Crippen LogP contribution < -0.4 is 0 Å². The molecule has 5 aliphatic carbocycles. The van der Waals surface area contributed by atoms with E-state index in [9.17, 15) is 60.3 Å². The Morgan fingerprint density at radius 1 is 0.700 bits per heavy atom. The Bertz CT molecular complexity index is 2060. The lowest BCUT2D eigenvalue weighted by molar-refractivity contribution is -0.361. The smallest absolute Gasteiger partial charge is 0.315 e. The molecule has 0 spiro atoms. The van der Waals surface area contributed by atoms with Gasteiger partial charge in [-0.15, -0.1) is 0 Å². The summed E-state index contributed by atoms with van der Waals surface area (Å²) in [4.78, 5) is 54.2. The number of carbonyl (C=O) groups is 4. The topological polar surface area (TPSA) is 315 Å². The van der Waals surface area contributed by atoms with Gasteiger partial charge in [-0.1, -0.05) is 60.1 Å². The van der Waals surface area contributed by atoms with Gasteiger partial charge in [0.25, 0.3) is 0 Å². The van der Waals surface area contributed by atoms with E-state index < -0.39 is 156 Å². The van der Waals surface area contributed by atoms with Gasteiger partial charge in [0, 0.05) is 36.5 Å². The quantitative estimate of drug-likeness (QED) is 0.109. The third kappa shape index (κ3) is 8.45. The van der Waals surface area contributed by atoms with Crippen LogP contribution >= 0.6 is 0 Å². The minimum Gasteiger partial charge on any atom is -0.463 e. The second-order valence-electron chi connectivity index (χ2n) is 23.8. The molecule has 0 amide bonds. The van der Waals surface area contributed by atoms with Crippen LogP contribution in [0.3, 0.4) is 0 Å². The number of hydrogen-bond donors (Lipinski definition) is 9. The van der Waals surface area contributed by atoms with Crippen LogP contribution in [-0.4, -0.2) is 181 Å². The van der Waals surface area contributed by atoms with Crippen LogP contribution in [0.5, 0.6) is 0 Å². The third-order valence-electron chi connectivity index (χ3n) is 19.2. The van der Waals surface area contributed by atoms with Crippen LogP contribution in [0.15, 0.2) is 11.6 Å². The predicted molar refractivity (Wildman–Crippen MR) is 239 cm³/mol. The van der Waals surface area contributed by atoms with Gasteiger partial charge in [-0.05, 0) is 73.5 Å². The van der Waals surface area contributed by atoms with Gasteiger partial charge in [-0.3, -0.25) is 19.2 Å². The van der Waals surface area contributed by atoms with Crippen LogP contribution in [0.2, 0.25) is 0 Å². The minimum atomic E-state index is -1.98. The fourth-order valence-corrected chi connectivity index (χ4v) is 14.7. The number of ether oxygens (including phenoxy) is 7. The maximum atomic E-state index is 15.0. The van der Waals surface area contributed by atoms with Crippen LogP contribution in [-0.2, 0) is 52.3 Å². The molecule has 23 unspecified atom stereocenters. The number of Topliss-reactive ketones (excluding diaryl/α,β-unsaturated/α-hetero) is 2. The van der Waals surface area contributed by atoms with Gasteiger partial charge >= 0.3 is 11.9 Å². The first-order chi connectivity index (χ1) is 32.5. The molecule has 20 heteroatoms. The van der Waals surface area contributed by atoms with Gasteiger partial charge in [0.2, 0.25) is 6.29 Å². The average Bonchev–Trinajstić information content (AvgIpc) is 3.28. The van der Waals surface area contributed by atoms with Gasteiger partial charge in [-0.2, -0.15) is 0 Å². The highest BCUT2D eigenvalue weighted by Crippen LogP contribution is 2.75. The van der Waals surface area contributed by atoms with Gasteiger partial charge in [0.1, 0.15) is 85.3 Å². The first kappa shape index (κ1) is 53.7. The highest BCUT2D eigenvalue weighted by molar-refractivity contribution is 5.93. The summed E-state index contributed by atoms with van der Waals surface area (Å²) >= 11 is 0. The fourth-order valence-electron chi connectivity index (χ4n) is 14.7. The highest BCUT2D eigenvalue weighted by atomic mass is 16.8. The predicted octanol–water partition coefficient (Wildman–Crippen LogP) is 0.0969. The molecule has 8 aliphatic rings. The summed E-state index contributed by atoms with van der Waals surface area (Å²) in [5.41, 5.74) is -3.30. The molecule has 4 saturated carbocycles. The highest BCUT2D eigenvalue weighted by Gasteiger charge is 2.72. The minimum absolute atomic E-state index is 0.0692. The summed E-state index contributed by atoms with van der Waals surface area (Å²) in [6.45, 7) is 15.7. The monoisotopic (exact) mass is 996 g/mol. The Hall–Kier alpha value is -2.54. The molecule has 3 heterocycles. The molecule has 0 aromatic rings. The summed E-state index contributed by atoms with van der Waals surface area (Å²) in [7, 11) is 0. The first-order valence-electron chi connectivity index (χ1n) is 25.0. The third-order valence-corrected chi connectivity index (χ3v) is 19.2. The molecule has 23 atom stereocenters. The fraction of sp³-hybridized carbons (Fsp3) is 0.880. The van der Waals surface area contributed by atoms with Crippen LogP contribution in [0.25, 0.3) is 0 Å². The van der Waals surface area contributed by atoms with Gasteiger partial charge in [0.15, 0.2) is 12.6 Å². The van der Waals surface area contributed by atoms with Crippen molar-refractivity contribution in [1.29, 1.82) is 0 Å². The van der Waals surface area contributed by atoms with E-state index in [2.05, 4.69) is 20.8 Å². The summed E-state index contributed by atoms with van der Waals surface area (Å²) in [6.07, 6.45) is -21.1. The van der Waals surface area contributed by atoms with Crippen molar-refractivity contribution in [2.75, 3.05) is 13.2 Å². The lowest BCUT2D eigenvalue weighted by Crippen LogP contribution is -2.68. The van der Waals surface area contributed by atoms with Gasteiger partial charge in [0.05, 0.1) is 24.2 Å². The van der Waals surface area contributed by atoms with Crippen molar-refractivity contribution in [3.63, 3.8) is 0 Å². The molecule has 8 rings (SSSR count). The van der Waals surface area contributed by atoms with Crippen molar-refractivity contribution < 1.29 is 98.3 Å². The number of esters is 2. The van der Waals surface area contributed by atoms with E-state index in [4.69, 9.17) is 33.2 Å². The molecular weight excluding hydrogens is 921 g/mol. The Labute approximate surface area is 407 Å². The lowest BCUT2D eigenvalue weighted by Gasteiger charge is -2.71. The molecule has 396 valence electrons. The molecule has 70 heavy (non-hydrogen) atoms. The van der Waals surface area contributed by atoms with E-state index in [-0.39, 0.29) is 48.1 Å². The molecule has 0 bridgehead atoms. The normalized spacial score (nSPS) is 50.9. The van der Waals surface area contributed by atoms with E-state index >= 15 is 4.79 Å². The molecule has 3 saturated heterocycles. The van der Waals surface area contributed by atoms with Gasteiger partial charge in [-0.25, -0.2) is 0 Å². The Kier molecular flexibility index (Phi) is 14.3. The van der Waals surface area contributed by atoms with E-state index in [1.165, 1.54) is 6.92 Å². The van der Waals surface area contributed by atoms with Crippen LogP contribution in [0.1, 0.15) is 114 Å². The zero-order valence-electron chi connectivity index (χ0n) is 41.6. The van der Waals surface area contributed by atoms with E-state index in [1.54, 1.807) is 0 Å². The standard InChI is InChI=1S/C50H76O20/c1-21-31(55)33(57)36(60)42(66-21)69-39-27(20-64-22(2)51)68-41(38(62)35(39)59)65-19-26-32(56)34(58)37(61)43(67-26)70-44(63)50-15-14-48(8)23(24(50)17-45(3,4)30(54)18-50)16-25(52)40-47(7)12-11-29(53)46(5,6)28(47)10-13-49(40,48)9/h16,21,24-28,31-43,52,55-62H,10-15,17-20H2,1-9H3. The van der Waals surface area contributed by atoms with Gasteiger partial charge < -0.3 is 79.1 Å². The van der Waals surface area contributed by atoms with Crippen molar-refractivity contribution in [2.24, 2.45) is 50.2 Å². The SMILES string of the molecule is CC(=O)OCC1OC(OCC2OC(OC(=O)C34CCC5(C)C(=CC(O)C6C7(C)CCC(=O)C(C)(C)C7CCC65C)C3CC(C)(C)C(=O)C4)C(O)C(O)C2O)C(O)C(O)C1OC1OC(C)C(O)C(O)C1O.